The summed E-state index contributed by atoms with van der Waals surface area (Å²) in [5.74, 6) is -0.0445. The minimum atomic E-state index is -0.685. The molecule has 2 saturated heterocycles. The van der Waals surface area contributed by atoms with E-state index < -0.39 is 12.0 Å². The van der Waals surface area contributed by atoms with Gasteiger partial charge in [0.1, 0.15) is 17.4 Å². The van der Waals surface area contributed by atoms with E-state index in [1.54, 1.807) is 35.9 Å². The lowest BCUT2D eigenvalue weighted by atomic mass is 9.72. The molecule has 9 nitrogen and oxygen atoms in total. The summed E-state index contributed by atoms with van der Waals surface area (Å²) in [6.07, 6.45) is 11.0. The maximum absolute atomic E-state index is 12.7. The van der Waals surface area contributed by atoms with Crippen LogP contribution in [0.3, 0.4) is 0 Å². The van der Waals surface area contributed by atoms with Crippen molar-refractivity contribution in [2.75, 3.05) is 38.1 Å². The quantitative estimate of drug-likeness (QED) is 0.644. The van der Waals surface area contributed by atoms with Crippen molar-refractivity contribution in [2.24, 2.45) is 5.41 Å². The van der Waals surface area contributed by atoms with Crippen molar-refractivity contribution in [3.05, 3.63) is 51.6 Å². The Morgan fingerprint density at radius 1 is 1.21 bits per heavy atom. The number of piperidine rings is 1. The molecule has 176 valence electrons. The molecule has 2 N–H and O–H groups in total. The van der Waals surface area contributed by atoms with Crippen molar-refractivity contribution in [1.82, 2.24) is 19.8 Å². The lowest BCUT2D eigenvalue weighted by Crippen LogP contribution is -2.66. The van der Waals surface area contributed by atoms with Gasteiger partial charge in [-0.05, 0) is 48.6 Å². The Bertz CT molecular complexity index is 1170. The highest BCUT2D eigenvalue weighted by atomic mass is 32.1. The van der Waals surface area contributed by atoms with Crippen LogP contribution < -0.4 is 5.32 Å². The number of thiazole rings is 1. The summed E-state index contributed by atoms with van der Waals surface area (Å²) in [6, 6.07) is 1.93. The summed E-state index contributed by atoms with van der Waals surface area (Å²) in [4.78, 5) is 48.9. The van der Waals surface area contributed by atoms with Gasteiger partial charge in [0, 0.05) is 50.0 Å². The molecule has 0 saturated carbocycles. The normalized spacial score (nSPS) is 19.1. The van der Waals surface area contributed by atoms with E-state index in [1.807, 2.05) is 16.3 Å². The lowest BCUT2D eigenvalue weighted by molar-refractivity contribution is -0.153. The standard InChI is InChI=1S/C24H25N5O4S/c30-13-21(32)29-14-24(15-29)11-18-9-17(12-26-22(18)27-23(24)33)1-2-20(31)28-6-3-16(4-7-28)10-19-25-5-8-34-19/h1-2,5,8-10,12,30H,3-4,6-7,11,13-15H2,(H,26,27,33)/b2-1+. The molecule has 10 heteroatoms. The number of anilines is 1. The second kappa shape index (κ2) is 9.11. The number of pyridine rings is 1. The lowest BCUT2D eigenvalue weighted by Gasteiger charge is -2.50. The molecule has 2 fully saturated rings. The molecule has 34 heavy (non-hydrogen) atoms. The molecule has 0 bridgehead atoms. The number of amides is 3. The summed E-state index contributed by atoms with van der Waals surface area (Å²) in [6.45, 7) is 1.37. The molecule has 3 aliphatic heterocycles. The first-order valence-electron chi connectivity index (χ1n) is 11.2. The molecule has 0 radical (unpaired) electrons. The fraction of sp³-hybridized carbons (Fsp3) is 0.375. The third-order valence-electron chi connectivity index (χ3n) is 6.62. The Hall–Kier alpha value is -3.37. The number of carbonyl (C=O) groups is 3. The molecule has 0 atom stereocenters. The first kappa shape index (κ1) is 22.4. The molecule has 2 aromatic heterocycles. The van der Waals surface area contributed by atoms with Crippen LogP contribution in [-0.4, -0.2) is 75.4 Å². The third-order valence-corrected chi connectivity index (χ3v) is 7.34. The van der Waals surface area contributed by atoms with Gasteiger partial charge in [0.2, 0.25) is 17.7 Å². The number of aliphatic hydroxyl groups excluding tert-OH is 1. The number of hydrogen-bond donors (Lipinski definition) is 2. The first-order valence-corrected chi connectivity index (χ1v) is 12.1. The van der Waals surface area contributed by atoms with Gasteiger partial charge < -0.3 is 20.2 Å². The van der Waals surface area contributed by atoms with Gasteiger partial charge in [-0.1, -0.05) is 5.57 Å². The van der Waals surface area contributed by atoms with Gasteiger partial charge >= 0.3 is 0 Å². The van der Waals surface area contributed by atoms with Crippen LogP contribution in [0.1, 0.15) is 29.0 Å². The number of carbonyl (C=O) groups excluding carboxylic acids is 3. The number of rotatable bonds is 4. The number of likely N-dealkylation sites (tertiary alicyclic amines) is 2. The Balaban J connectivity index is 1.20. The first-order chi connectivity index (χ1) is 16.5. The monoisotopic (exact) mass is 479 g/mol. The van der Waals surface area contributed by atoms with Crippen molar-refractivity contribution in [3.63, 3.8) is 0 Å². The third kappa shape index (κ3) is 4.38. The number of aliphatic hydroxyl groups is 1. The van der Waals surface area contributed by atoms with Crippen molar-refractivity contribution in [1.29, 1.82) is 0 Å². The number of hydrogen-bond acceptors (Lipinski definition) is 7. The van der Waals surface area contributed by atoms with Crippen molar-refractivity contribution >= 4 is 47.0 Å². The predicted molar refractivity (Wildman–Crippen MR) is 128 cm³/mol. The Morgan fingerprint density at radius 2 is 2.00 bits per heavy atom. The molecular weight excluding hydrogens is 454 g/mol. The molecule has 1 spiro atoms. The minimum absolute atomic E-state index is 0.0343. The van der Waals surface area contributed by atoms with E-state index in [2.05, 4.69) is 21.4 Å². The zero-order chi connectivity index (χ0) is 23.7. The average Bonchev–Trinajstić information content (AvgIpc) is 3.33. The highest BCUT2D eigenvalue weighted by molar-refractivity contribution is 7.10. The topological polar surface area (TPSA) is 116 Å². The van der Waals surface area contributed by atoms with Crippen molar-refractivity contribution in [2.45, 2.75) is 19.3 Å². The number of fused-ring (bicyclic) bond motifs is 1. The van der Waals surface area contributed by atoms with Crippen LogP contribution in [0.15, 0.2) is 35.5 Å². The van der Waals surface area contributed by atoms with Crippen LogP contribution >= 0.6 is 11.3 Å². The summed E-state index contributed by atoms with van der Waals surface area (Å²) >= 11 is 1.61. The van der Waals surface area contributed by atoms with E-state index >= 15 is 0 Å². The zero-order valence-electron chi connectivity index (χ0n) is 18.6. The Labute approximate surface area is 200 Å². The van der Waals surface area contributed by atoms with Gasteiger partial charge in [-0.25, -0.2) is 9.97 Å². The smallest absolute Gasteiger partial charge is 0.248 e. The van der Waals surface area contributed by atoms with E-state index in [-0.39, 0.29) is 30.8 Å². The van der Waals surface area contributed by atoms with E-state index in [4.69, 9.17) is 5.11 Å². The highest BCUT2D eigenvalue weighted by Crippen LogP contribution is 2.40. The van der Waals surface area contributed by atoms with Crippen LogP contribution in [-0.2, 0) is 20.8 Å². The number of aromatic nitrogens is 2. The Morgan fingerprint density at radius 3 is 2.71 bits per heavy atom. The zero-order valence-corrected chi connectivity index (χ0v) is 19.4. The summed E-state index contributed by atoms with van der Waals surface area (Å²) in [7, 11) is 0. The van der Waals surface area contributed by atoms with Gasteiger partial charge in [0.05, 0.1) is 5.41 Å². The number of nitrogens with zero attached hydrogens (tertiary/aromatic N) is 4. The van der Waals surface area contributed by atoms with Crippen molar-refractivity contribution < 1.29 is 19.5 Å². The predicted octanol–water partition coefficient (Wildman–Crippen LogP) is 1.57. The summed E-state index contributed by atoms with van der Waals surface area (Å²) in [5, 5.41) is 14.8. The molecule has 5 rings (SSSR count). The fourth-order valence-corrected chi connectivity index (χ4v) is 5.30. The van der Waals surface area contributed by atoms with Gasteiger partial charge in [-0.3, -0.25) is 14.4 Å². The van der Waals surface area contributed by atoms with E-state index in [9.17, 15) is 14.4 Å². The van der Waals surface area contributed by atoms with Crippen LogP contribution in [0.25, 0.3) is 12.2 Å². The number of nitrogens with one attached hydrogen (secondary N) is 1. The van der Waals surface area contributed by atoms with E-state index in [0.29, 0.717) is 25.3 Å². The molecule has 0 aliphatic carbocycles. The van der Waals surface area contributed by atoms with Crippen molar-refractivity contribution in [3.8, 4) is 0 Å². The molecule has 3 amide bonds. The van der Waals surface area contributed by atoms with Gasteiger partial charge in [0.25, 0.3) is 0 Å². The summed E-state index contributed by atoms with van der Waals surface area (Å²) in [5.41, 5.74) is 2.28. The van der Waals surface area contributed by atoms with Crippen LogP contribution in [0.2, 0.25) is 0 Å². The average molecular weight is 480 g/mol. The second-order valence-electron chi connectivity index (χ2n) is 8.93. The highest BCUT2D eigenvalue weighted by Gasteiger charge is 2.53. The fourth-order valence-electron chi connectivity index (χ4n) is 4.68. The molecule has 5 heterocycles. The van der Waals surface area contributed by atoms with Crippen LogP contribution in [0, 0.1) is 5.41 Å². The largest absolute Gasteiger partial charge is 0.387 e. The van der Waals surface area contributed by atoms with E-state index in [1.165, 1.54) is 10.5 Å². The molecular formula is C24H25N5O4S. The maximum atomic E-state index is 12.7. The van der Waals surface area contributed by atoms with E-state index in [0.717, 1.165) is 29.0 Å². The molecule has 0 unspecified atom stereocenters. The Kier molecular flexibility index (Phi) is 6.01. The SMILES string of the molecule is O=C(/C=C/c1cnc2c(c1)CC1(CN(C(=O)CO)C1)C(=O)N2)N1CCC(=Cc2nccs2)CC1. The van der Waals surface area contributed by atoms with Gasteiger partial charge in [-0.15, -0.1) is 11.3 Å². The minimum Gasteiger partial charge on any atom is -0.387 e. The maximum Gasteiger partial charge on any atom is 0.248 e. The van der Waals surface area contributed by atoms with Gasteiger partial charge in [-0.2, -0.15) is 0 Å². The molecule has 3 aliphatic rings. The van der Waals surface area contributed by atoms with Crippen LogP contribution in [0.5, 0.6) is 0 Å². The molecule has 0 aromatic carbocycles. The molecule has 2 aromatic rings. The van der Waals surface area contributed by atoms with Gasteiger partial charge in [0.15, 0.2) is 0 Å². The summed E-state index contributed by atoms with van der Waals surface area (Å²) < 4.78 is 0. The second-order valence-corrected chi connectivity index (χ2v) is 9.85. The van der Waals surface area contributed by atoms with Crippen LogP contribution in [0.4, 0.5) is 5.82 Å².